The summed E-state index contributed by atoms with van der Waals surface area (Å²) in [7, 11) is 1.70. The lowest BCUT2D eigenvalue weighted by Crippen LogP contribution is -2.30. The number of methoxy groups -OCH3 is 1. The zero-order valence-corrected chi connectivity index (χ0v) is 13.9. The second kappa shape index (κ2) is 6.76. The molecule has 1 N–H and O–H groups in total. The first kappa shape index (κ1) is 15.0. The third-order valence-corrected chi connectivity index (χ3v) is 3.95. The van der Waals surface area contributed by atoms with Gasteiger partial charge in [0.15, 0.2) is 0 Å². The number of rotatable bonds is 5. The van der Waals surface area contributed by atoms with Crippen LogP contribution in [0.25, 0.3) is 0 Å². The van der Waals surface area contributed by atoms with Crippen LogP contribution in [0.3, 0.4) is 0 Å². The van der Waals surface area contributed by atoms with E-state index in [4.69, 9.17) is 4.74 Å². The standard InChI is InChI=1S/C13H19Br2NO/c1-8(2)9(3)16-7-10-5-11(14)6-12(15)13(10)17-4/h5-6,8-9,16H,7H2,1-4H3/t9-/m1/s1. The Morgan fingerprint density at radius 2 is 1.88 bits per heavy atom. The maximum atomic E-state index is 5.42. The topological polar surface area (TPSA) is 21.3 Å². The SMILES string of the molecule is COc1c(Br)cc(Br)cc1CN[C@H](C)C(C)C. The molecule has 0 aromatic heterocycles. The number of ether oxygens (including phenoxy) is 1. The molecular formula is C13H19Br2NO. The van der Waals surface area contributed by atoms with E-state index in [1.807, 2.05) is 6.07 Å². The van der Waals surface area contributed by atoms with Crippen LogP contribution < -0.4 is 10.1 Å². The molecular weight excluding hydrogens is 346 g/mol. The molecule has 0 unspecified atom stereocenters. The Bertz CT molecular complexity index is 380. The number of benzene rings is 1. The zero-order valence-electron chi connectivity index (χ0n) is 10.7. The van der Waals surface area contributed by atoms with Gasteiger partial charge in [0.05, 0.1) is 11.6 Å². The molecule has 96 valence electrons. The number of hydrogen-bond acceptors (Lipinski definition) is 2. The first-order valence-electron chi connectivity index (χ1n) is 5.71. The predicted molar refractivity (Wildman–Crippen MR) is 79.5 cm³/mol. The third-order valence-electron chi connectivity index (χ3n) is 2.90. The van der Waals surface area contributed by atoms with Crippen LogP contribution in [0.2, 0.25) is 0 Å². The Morgan fingerprint density at radius 3 is 2.41 bits per heavy atom. The zero-order chi connectivity index (χ0) is 13.0. The van der Waals surface area contributed by atoms with Gasteiger partial charge in [-0.3, -0.25) is 0 Å². The Hall–Kier alpha value is -0.0600. The van der Waals surface area contributed by atoms with E-state index in [1.54, 1.807) is 7.11 Å². The van der Waals surface area contributed by atoms with Crippen molar-refractivity contribution in [1.82, 2.24) is 5.32 Å². The number of hydrogen-bond donors (Lipinski definition) is 1. The molecule has 0 aliphatic heterocycles. The number of nitrogens with one attached hydrogen (secondary N) is 1. The lowest BCUT2D eigenvalue weighted by Gasteiger charge is -2.19. The molecule has 0 saturated heterocycles. The lowest BCUT2D eigenvalue weighted by atomic mass is 10.1. The highest BCUT2D eigenvalue weighted by Crippen LogP contribution is 2.32. The molecule has 17 heavy (non-hydrogen) atoms. The van der Waals surface area contributed by atoms with Crippen molar-refractivity contribution in [3.63, 3.8) is 0 Å². The van der Waals surface area contributed by atoms with Crippen molar-refractivity contribution in [3.05, 3.63) is 26.6 Å². The van der Waals surface area contributed by atoms with E-state index < -0.39 is 0 Å². The summed E-state index contributed by atoms with van der Waals surface area (Å²) in [5, 5.41) is 3.51. The highest BCUT2D eigenvalue weighted by Gasteiger charge is 2.11. The smallest absolute Gasteiger partial charge is 0.137 e. The van der Waals surface area contributed by atoms with E-state index in [0.29, 0.717) is 12.0 Å². The van der Waals surface area contributed by atoms with Crippen LogP contribution in [0.15, 0.2) is 21.1 Å². The van der Waals surface area contributed by atoms with Gasteiger partial charge in [0.1, 0.15) is 5.75 Å². The van der Waals surface area contributed by atoms with E-state index in [2.05, 4.69) is 64.0 Å². The molecule has 0 saturated carbocycles. The molecule has 0 spiro atoms. The van der Waals surface area contributed by atoms with Gasteiger partial charge < -0.3 is 10.1 Å². The second-order valence-corrected chi connectivity index (χ2v) is 6.26. The Morgan fingerprint density at radius 1 is 1.24 bits per heavy atom. The molecule has 4 heteroatoms. The van der Waals surface area contributed by atoms with Crippen molar-refractivity contribution >= 4 is 31.9 Å². The maximum absolute atomic E-state index is 5.42. The largest absolute Gasteiger partial charge is 0.495 e. The summed E-state index contributed by atoms with van der Waals surface area (Å²) in [6, 6.07) is 4.56. The normalized spacial score (nSPS) is 12.9. The van der Waals surface area contributed by atoms with Crippen molar-refractivity contribution in [3.8, 4) is 5.75 Å². The summed E-state index contributed by atoms with van der Waals surface area (Å²) in [4.78, 5) is 0. The minimum Gasteiger partial charge on any atom is -0.495 e. The summed E-state index contributed by atoms with van der Waals surface area (Å²) in [6.45, 7) is 7.43. The summed E-state index contributed by atoms with van der Waals surface area (Å²) < 4.78 is 7.45. The van der Waals surface area contributed by atoms with Crippen molar-refractivity contribution in [2.75, 3.05) is 7.11 Å². The van der Waals surface area contributed by atoms with Crippen molar-refractivity contribution < 1.29 is 4.74 Å². The van der Waals surface area contributed by atoms with Crippen LogP contribution in [0.1, 0.15) is 26.3 Å². The Labute approximate surface area is 120 Å². The average Bonchev–Trinajstić information content (AvgIpc) is 2.24. The fourth-order valence-corrected chi connectivity index (χ4v) is 2.96. The van der Waals surface area contributed by atoms with Gasteiger partial charge >= 0.3 is 0 Å². The van der Waals surface area contributed by atoms with E-state index in [0.717, 1.165) is 26.8 Å². The molecule has 0 aliphatic carbocycles. The lowest BCUT2D eigenvalue weighted by molar-refractivity contribution is 0.393. The molecule has 0 amide bonds. The molecule has 0 bridgehead atoms. The monoisotopic (exact) mass is 363 g/mol. The van der Waals surface area contributed by atoms with Crippen molar-refractivity contribution in [2.24, 2.45) is 5.92 Å². The fraction of sp³-hybridized carbons (Fsp3) is 0.538. The van der Waals surface area contributed by atoms with Gasteiger partial charge in [0.2, 0.25) is 0 Å². The van der Waals surface area contributed by atoms with Crippen LogP contribution in [-0.2, 0) is 6.54 Å². The average molecular weight is 365 g/mol. The first-order chi connectivity index (χ1) is 7.95. The molecule has 1 aromatic carbocycles. The molecule has 0 radical (unpaired) electrons. The number of halogens is 2. The van der Waals surface area contributed by atoms with Crippen molar-refractivity contribution in [1.29, 1.82) is 0 Å². The van der Waals surface area contributed by atoms with E-state index in [-0.39, 0.29) is 0 Å². The van der Waals surface area contributed by atoms with Gasteiger partial charge in [-0.1, -0.05) is 29.8 Å². The first-order valence-corrected chi connectivity index (χ1v) is 7.29. The third kappa shape index (κ3) is 4.27. The van der Waals surface area contributed by atoms with Gasteiger partial charge in [0.25, 0.3) is 0 Å². The predicted octanol–water partition coefficient (Wildman–Crippen LogP) is 4.35. The highest BCUT2D eigenvalue weighted by atomic mass is 79.9. The summed E-state index contributed by atoms with van der Waals surface area (Å²) in [5.41, 5.74) is 1.15. The summed E-state index contributed by atoms with van der Waals surface area (Å²) in [5.74, 6) is 1.52. The minimum absolute atomic E-state index is 0.484. The van der Waals surface area contributed by atoms with Crippen LogP contribution >= 0.6 is 31.9 Å². The maximum Gasteiger partial charge on any atom is 0.137 e. The van der Waals surface area contributed by atoms with Gasteiger partial charge in [-0.25, -0.2) is 0 Å². The van der Waals surface area contributed by atoms with Crippen LogP contribution in [0.5, 0.6) is 5.75 Å². The van der Waals surface area contributed by atoms with Gasteiger partial charge in [-0.2, -0.15) is 0 Å². The van der Waals surface area contributed by atoms with Gasteiger partial charge in [0, 0.05) is 22.6 Å². The van der Waals surface area contributed by atoms with Gasteiger partial charge in [-0.05, 0) is 40.9 Å². The molecule has 1 rings (SSSR count). The fourth-order valence-electron chi connectivity index (χ4n) is 1.48. The molecule has 0 fully saturated rings. The van der Waals surface area contributed by atoms with E-state index in [1.165, 1.54) is 0 Å². The summed E-state index contributed by atoms with van der Waals surface area (Å²) >= 11 is 7.01. The Kier molecular flexibility index (Phi) is 5.97. The minimum atomic E-state index is 0.484. The van der Waals surface area contributed by atoms with Crippen LogP contribution in [-0.4, -0.2) is 13.2 Å². The molecule has 0 heterocycles. The van der Waals surface area contributed by atoms with E-state index in [9.17, 15) is 0 Å². The molecule has 1 aromatic rings. The summed E-state index contributed by atoms with van der Waals surface area (Å²) in [6.07, 6.45) is 0. The molecule has 1 atom stereocenters. The molecule has 2 nitrogen and oxygen atoms in total. The van der Waals surface area contributed by atoms with Gasteiger partial charge in [-0.15, -0.1) is 0 Å². The highest BCUT2D eigenvalue weighted by molar-refractivity contribution is 9.11. The van der Waals surface area contributed by atoms with Crippen molar-refractivity contribution in [2.45, 2.75) is 33.4 Å². The second-order valence-electron chi connectivity index (χ2n) is 4.49. The Balaban J connectivity index is 2.83. The van der Waals surface area contributed by atoms with Crippen LogP contribution in [0.4, 0.5) is 0 Å². The molecule has 0 aliphatic rings. The quantitative estimate of drug-likeness (QED) is 0.838. The van der Waals surface area contributed by atoms with Crippen LogP contribution in [0, 0.1) is 5.92 Å². The van der Waals surface area contributed by atoms with E-state index >= 15 is 0 Å².